The number of hydrogen-bond donors (Lipinski definition) is 1. The lowest BCUT2D eigenvalue weighted by Crippen LogP contribution is -2.31. The molecule has 2 rings (SSSR count). The van der Waals surface area contributed by atoms with Crippen molar-refractivity contribution in [1.82, 2.24) is 20.1 Å². The monoisotopic (exact) mass is 320 g/mol. The van der Waals surface area contributed by atoms with Gasteiger partial charge in [0, 0.05) is 10.6 Å². The van der Waals surface area contributed by atoms with Gasteiger partial charge in [-0.15, -0.1) is 11.3 Å². The van der Waals surface area contributed by atoms with Crippen LogP contribution in [0.4, 0.5) is 0 Å². The van der Waals surface area contributed by atoms with E-state index in [1.54, 1.807) is 16.0 Å². The van der Waals surface area contributed by atoms with Gasteiger partial charge < -0.3 is 5.32 Å². The van der Waals surface area contributed by atoms with Crippen molar-refractivity contribution >= 4 is 17.2 Å². The molecule has 2 aromatic rings. The molecule has 0 radical (unpaired) electrons. The number of nitrogens with one attached hydrogen (secondary N) is 1. The summed E-state index contributed by atoms with van der Waals surface area (Å²) < 4.78 is 1.79. The fraction of sp³-hybridized carbons (Fsp3) is 0.562. The van der Waals surface area contributed by atoms with Crippen molar-refractivity contribution in [3.8, 4) is 0 Å². The van der Waals surface area contributed by atoms with Crippen LogP contribution in [-0.4, -0.2) is 20.7 Å². The van der Waals surface area contributed by atoms with Gasteiger partial charge in [-0.3, -0.25) is 9.48 Å². The first kappa shape index (κ1) is 16.7. The number of carbonyl (C=O) groups excluding carboxylic acids is 1. The molecule has 6 heteroatoms. The van der Waals surface area contributed by atoms with Crippen molar-refractivity contribution in [1.29, 1.82) is 0 Å². The topological polar surface area (TPSA) is 59.8 Å². The molecular formula is C16H24N4OS. The highest BCUT2D eigenvalue weighted by Gasteiger charge is 2.17. The molecule has 0 spiro atoms. The molecular weight excluding hydrogens is 296 g/mol. The summed E-state index contributed by atoms with van der Waals surface area (Å²) >= 11 is 1.66. The maximum atomic E-state index is 12.3. The van der Waals surface area contributed by atoms with Crippen LogP contribution in [0.15, 0.2) is 0 Å². The van der Waals surface area contributed by atoms with Gasteiger partial charge in [0.1, 0.15) is 6.54 Å². The number of aromatic nitrogens is 3. The maximum absolute atomic E-state index is 12.3. The number of nitrogens with zero attached hydrogens (tertiary/aromatic N) is 3. The minimum absolute atomic E-state index is 0.0363. The van der Waals surface area contributed by atoms with Crippen LogP contribution in [0.3, 0.4) is 0 Å². The normalized spacial score (nSPS) is 12.5. The van der Waals surface area contributed by atoms with E-state index in [1.165, 1.54) is 5.56 Å². The summed E-state index contributed by atoms with van der Waals surface area (Å²) in [5.41, 5.74) is 4.26. The summed E-state index contributed by atoms with van der Waals surface area (Å²) in [6.45, 7) is 12.4. The first-order chi connectivity index (χ1) is 10.3. The minimum Gasteiger partial charge on any atom is -0.346 e. The number of thiazole rings is 1. The number of rotatable bonds is 5. The minimum atomic E-state index is -0.0833. The highest BCUT2D eigenvalue weighted by molar-refractivity contribution is 7.11. The molecule has 0 aromatic carbocycles. The predicted octanol–water partition coefficient (Wildman–Crippen LogP) is 3.01. The van der Waals surface area contributed by atoms with Crippen molar-refractivity contribution in [3.05, 3.63) is 32.5 Å². The highest BCUT2D eigenvalue weighted by Crippen LogP contribution is 2.22. The molecule has 0 aliphatic heterocycles. The summed E-state index contributed by atoms with van der Waals surface area (Å²) in [6, 6.07) is -0.0833. The standard InChI is InChI=1S/C16H24N4OS/c1-7-14-9(2)19-20(11(14)4)8-15(21)17-10(3)16-12(5)22-13(6)18-16/h10H,7-8H2,1-6H3,(H,17,21)/t10-/m1/s1. The quantitative estimate of drug-likeness (QED) is 0.921. The second-order valence-corrected chi connectivity index (χ2v) is 7.03. The van der Waals surface area contributed by atoms with Crippen molar-refractivity contribution in [2.45, 2.75) is 60.5 Å². The largest absolute Gasteiger partial charge is 0.346 e. The van der Waals surface area contributed by atoms with Crippen molar-refractivity contribution < 1.29 is 4.79 Å². The second-order valence-electron chi connectivity index (χ2n) is 5.62. The van der Waals surface area contributed by atoms with E-state index in [9.17, 15) is 4.79 Å². The first-order valence-corrected chi connectivity index (χ1v) is 8.41. The maximum Gasteiger partial charge on any atom is 0.242 e. The molecule has 2 heterocycles. The van der Waals surface area contributed by atoms with Crippen molar-refractivity contribution in [2.24, 2.45) is 0 Å². The molecule has 0 bridgehead atoms. The number of hydrogen-bond acceptors (Lipinski definition) is 4. The Balaban J connectivity index is 2.06. The van der Waals surface area contributed by atoms with Crippen molar-refractivity contribution in [3.63, 3.8) is 0 Å². The van der Waals surface area contributed by atoms with Crippen LogP contribution in [0.2, 0.25) is 0 Å². The molecule has 0 unspecified atom stereocenters. The Hall–Kier alpha value is -1.69. The van der Waals surface area contributed by atoms with Crippen LogP contribution in [0.25, 0.3) is 0 Å². The van der Waals surface area contributed by atoms with Crippen LogP contribution in [-0.2, 0) is 17.8 Å². The molecule has 0 aliphatic carbocycles. The van der Waals surface area contributed by atoms with Gasteiger partial charge in [0.2, 0.25) is 5.91 Å². The highest BCUT2D eigenvalue weighted by atomic mass is 32.1. The van der Waals surface area contributed by atoms with E-state index in [1.807, 2.05) is 34.6 Å². The van der Waals surface area contributed by atoms with Gasteiger partial charge in [0.15, 0.2) is 0 Å². The molecule has 0 saturated heterocycles. The van der Waals surface area contributed by atoms with E-state index in [0.717, 1.165) is 33.4 Å². The first-order valence-electron chi connectivity index (χ1n) is 7.59. The molecule has 22 heavy (non-hydrogen) atoms. The Kier molecular flexibility index (Phi) is 5.01. The summed E-state index contributed by atoms with van der Waals surface area (Å²) in [6.07, 6.45) is 0.937. The molecule has 1 amide bonds. The van der Waals surface area contributed by atoms with E-state index in [-0.39, 0.29) is 18.5 Å². The van der Waals surface area contributed by atoms with Gasteiger partial charge in [-0.1, -0.05) is 6.92 Å². The van der Waals surface area contributed by atoms with Crippen molar-refractivity contribution in [2.75, 3.05) is 0 Å². The number of amides is 1. The zero-order chi connectivity index (χ0) is 16.4. The zero-order valence-electron chi connectivity index (χ0n) is 14.1. The van der Waals surface area contributed by atoms with Crippen LogP contribution < -0.4 is 5.32 Å². The van der Waals surface area contributed by atoms with E-state index >= 15 is 0 Å². The molecule has 120 valence electrons. The summed E-state index contributed by atoms with van der Waals surface area (Å²) in [7, 11) is 0. The fourth-order valence-corrected chi connectivity index (χ4v) is 3.75. The summed E-state index contributed by atoms with van der Waals surface area (Å²) in [5.74, 6) is -0.0363. The summed E-state index contributed by atoms with van der Waals surface area (Å²) in [4.78, 5) is 17.9. The molecule has 2 aromatic heterocycles. The SMILES string of the molecule is CCc1c(C)nn(CC(=O)N[C@H](C)c2nc(C)sc2C)c1C. The third kappa shape index (κ3) is 3.38. The van der Waals surface area contributed by atoms with Gasteiger partial charge in [-0.05, 0) is 46.6 Å². The van der Waals surface area contributed by atoms with Gasteiger partial charge in [-0.25, -0.2) is 4.98 Å². The number of aryl methyl sites for hydroxylation is 3. The average Bonchev–Trinajstić information content (AvgIpc) is 2.89. The third-order valence-electron chi connectivity index (χ3n) is 3.91. The molecule has 0 saturated carbocycles. The van der Waals surface area contributed by atoms with Gasteiger partial charge >= 0.3 is 0 Å². The van der Waals surface area contributed by atoms with Crippen LogP contribution in [0.5, 0.6) is 0 Å². The summed E-state index contributed by atoms with van der Waals surface area (Å²) in [5, 5.41) is 8.51. The molecule has 5 nitrogen and oxygen atoms in total. The Morgan fingerprint density at radius 2 is 2.00 bits per heavy atom. The smallest absolute Gasteiger partial charge is 0.242 e. The lowest BCUT2D eigenvalue weighted by Gasteiger charge is -2.13. The molecule has 1 atom stereocenters. The second kappa shape index (κ2) is 6.60. The lowest BCUT2D eigenvalue weighted by molar-refractivity contribution is -0.122. The molecule has 0 aliphatic rings. The van der Waals surface area contributed by atoms with Gasteiger partial charge in [0.05, 0.1) is 22.4 Å². The van der Waals surface area contributed by atoms with Crippen LogP contribution in [0, 0.1) is 27.7 Å². The van der Waals surface area contributed by atoms with Crippen LogP contribution >= 0.6 is 11.3 Å². The average molecular weight is 320 g/mol. The van der Waals surface area contributed by atoms with E-state index in [4.69, 9.17) is 0 Å². The van der Waals surface area contributed by atoms with Gasteiger partial charge in [-0.2, -0.15) is 5.10 Å². The number of carbonyl (C=O) groups is 1. The van der Waals surface area contributed by atoms with Crippen LogP contribution in [0.1, 0.15) is 52.4 Å². The Labute approximate surface area is 135 Å². The third-order valence-corrected chi connectivity index (χ3v) is 4.81. The Bertz CT molecular complexity index is 687. The lowest BCUT2D eigenvalue weighted by atomic mass is 10.1. The fourth-order valence-electron chi connectivity index (χ4n) is 2.84. The van der Waals surface area contributed by atoms with Gasteiger partial charge in [0.25, 0.3) is 0 Å². The van der Waals surface area contributed by atoms with E-state index < -0.39 is 0 Å². The van der Waals surface area contributed by atoms with E-state index in [0.29, 0.717) is 0 Å². The molecule has 0 fully saturated rings. The molecule has 1 N–H and O–H groups in total. The predicted molar refractivity (Wildman–Crippen MR) is 89.2 cm³/mol. The van der Waals surface area contributed by atoms with E-state index in [2.05, 4.69) is 22.3 Å². The Morgan fingerprint density at radius 1 is 1.32 bits per heavy atom. The Morgan fingerprint density at radius 3 is 2.50 bits per heavy atom. The zero-order valence-corrected chi connectivity index (χ0v) is 15.0.